The van der Waals surface area contributed by atoms with Gasteiger partial charge in [-0.15, -0.1) is 0 Å². The summed E-state index contributed by atoms with van der Waals surface area (Å²) < 4.78 is 16.1. The minimum absolute atomic E-state index is 0.239. The van der Waals surface area contributed by atoms with E-state index in [9.17, 15) is 0 Å². The van der Waals surface area contributed by atoms with Gasteiger partial charge in [-0.25, -0.2) is 0 Å². The van der Waals surface area contributed by atoms with Crippen LogP contribution < -0.4 is 14.8 Å². The van der Waals surface area contributed by atoms with Crippen molar-refractivity contribution in [3.63, 3.8) is 0 Å². The third-order valence-electron chi connectivity index (χ3n) is 3.53. The molecule has 2 atom stereocenters. The van der Waals surface area contributed by atoms with E-state index in [1.165, 1.54) is 0 Å². The number of ether oxygens (including phenoxy) is 3. The first-order valence-corrected chi connectivity index (χ1v) is 7.14. The molecule has 4 heteroatoms. The topological polar surface area (TPSA) is 39.7 Å². The minimum atomic E-state index is 0.239. The molecule has 0 aliphatic heterocycles. The van der Waals surface area contributed by atoms with Gasteiger partial charge >= 0.3 is 0 Å². The first-order valence-electron chi connectivity index (χ1n) is 7.14. The Morgan fingerprint density at radius 3 is 2.40 bits per heavy atom. The number of nitrogens with one attached hydrogen (secondary N) is 1. The van der Waals surface area contributed by atoms with Gasteiger partial charge < -0.3 is 19.5 Å². The molecule has 2 unspecified atom stereocenters. The van der Waals surface area contributed by atoms with Gasteiger partial charge in [-0.05, 0) is 44.5 Å². The lowest BCUT2D eigenvalue weighted by atomic mass is 9.99. The van der Waals surface area contributed by atoms with Gasteiger partial charge in [0.1, 0.15) is 11.5 Å². The molecule has 0 spiro atoms. The van der Waals surface area contributed by atoms with Crippen molar-refractivity contribution in [3.05, 3.63) is 23.8 Å². The minimum Gasteiger partial charge on any atom is -0.497 e. The van der Waals surface area contributed by atoms with E-state index in [4.69, 9.17) is 14.2 Å². The smallest absolute Gasteiger partial charge is 0.123 e. The Morgan fingerprint density at radius 1 is 1.10 bits per heavy atom. The standard InChI is InChI=1S/C16H27NO3/c1-6-17-15(9-7-12(2)18-3)14-11-13(19-4)8-10-16(14)20-5/h8,10-12,15,17H,6-7,9H2,1-5H3. The summed E-state index contributed by atoms with van der Waals surface area (Å²) in [5.41, 5.74) is 1.14. The maximum absolute atomic E-state index is 5.48. The zero-order chi connectivity index (χ0) is 15.0. The van der Waals surface area contributed by atoms with E-state index in [1.807, 2.05) is 18.2 Å². The van der Waals surface area contributed by atoms with Crippen molar-refractivity contribution in [2.75, 3.05) is 27.9 Å². The van der Waals surface area contributed by atoms with Gasteiger partial charge in [0.2, 0.25) is 0 Å². The van der Waals surface area contributed by atoms with Gasteiger partial charge in [-0.3, -0.25) is 0 Å². The summed E-state index contributed by atoms with van der Waals surface area (Å²) in [5.74, 6) is 1.74. The van der Waals surface area contributed by atoms with Crippen molar-refractivity contribution < 1.29 is 14.2 Å². The fraction of sp³-hybridized carbons (Fsp3) is 0.625. The van der Waals surface area contributed by atoms with Crippen molar-refractivity contribution in [2.24, 2.45) is 0 Å². The van der Waals surface area contributed by atoms with Crippen molar-refractivity contribution in [3.8, 4) is 11.5 Å². The Morgan fingerprint density at radius 2 is 1.85 bits per heavy atom. The second kappa shape index (κ2) is 8.82. The predicted octanol–water partition coefficient (Wildman–Crippen LogP) is 3.17. The summed E-state index contributed by atoms with van der Waals surface area (Å²) in [4.78, 5) is 0. The highest BCUT2D eigenvalue weighted by molar-refractivity contribution is 5.42. The molecular weight excluding hydrogens is 254 g/mol. The largest absolute Gasteiger partial charge is 0.497 e. The van der Waals surface area contributed by atoms with Gasteiger partial charge in [-0.1, -0.05) is 6.92 Å². The van der Waals surface area contributed by atoms with Crippen LogP contribution in [0.1, 0.15) is 38.3 Å². The van der Waals surface area contributed by atoms with E-state index in [-0.39, 0.29) is 12.1 Å². The predicted molar refractivity (Wildman–Crippen MR) is 81.7 cm³/mol. The van der Waals surface area contributed by atoms with E-state index in [2.05, 4.69) is 19.2 Å². The molecule has 1 N–H and O–H groups in total. The van der Waals surface area contributed by atoms with Gasteiger partial charge in [0.05, 0.1) is 20.3 Å². The summed E-state index contributed by atoms with van der Waals surface area (Å²) in [5, 5.41) is 3.51. The Bertz CT molecular complexity index is 395. The van der Waals surface area contributed by atoms with Crippen LogP contribution in [0.3, 0.4) is 0 Å². The lowest BCUT2D eigenvalue weighted by Gasteiger charge is -2.22. The maximum Gasteiger partial charge on any atom is 0.123 e. The van der Waals surface area contributed by atoms with Crippen molar-refractivity contribution in [1.82, 2.24) is 5.32 Å². The molecule has 0 saturated heterocycles. The summed E-state index contributed by atoms with van der Waals surface area (Å²) in [6, 6.07) is 6.16. The highest BCUT2D eigenvalue weighted by Crippen LogP contribution is 2.32. The van der Waals surface area contributed by atoms with Crippen LogP contribution in [-0.4, -0.2) is 34.0 Å². The van der Waals surface area contributed by atoms with Crippen LogP contribution in [0.4, 0.5) is 0 Å². The van der Waals surface area contributed by atoms with E-state index in [0.717, 1.165) is 36.4 Å². The normalized spacial score (nSPS) is 13.8. The molecule has 1 aromatic rings. The Labute approximate surface area is 122 Å². The number of methoxy groups -OCH3 is 3. The van der Waals surface area contributed by atoms with Gasteiger partial charge in [0.15, 0.2) is 0 Å². The SMILES string of the molecule is CCNC(CCC(C)OC)c1cc(OC)ccc1OC. The van der Waals surface area contributed by atoms with Crippen molar-refractivity contribution in [1.29, 1.82) is 0 Å². The quantitative estimate of drug-likeness (QED) is 0.754. The zero-order valence-electron chi connectivity index (χ0n) is 13.2. The van der Waals surface area contributed by atoms with Crippen molar-refractivity contribution in [2.45, 2.75) is 38.8 Å². The molecule has 20 heavy (non-hydrogen) atoms. The van der Waals surface area contributed by atoms with E-state index in [1.54, 1.807) is 21.3 Å². The molecule has 0 aromatic heterocycles. The third-order valence-corrected chi connectivity index (χ3v) is 3.53. The van der Waals surface area contributed by atoms with Gasteiger partial charge in [-0.2, -0.15) is 0 Å². The molecule has 4 nitrogen and oxygen atoms in total. The Balaban J connectivity index is 2.93. The van der Waals surface area contributed by atoms with Gasteiger partial charge in [0.25, 0.3) is 0 Å². The summed E-state index contributed by atoms with van der Waals surface area (Å²) in [7, 11) is 5.13. The van der Waals surface area contributed by atoms with E-state index < -0.39 is 0 Å². The Kier molecular flexibility index (Phi) is 7.41. The van der Waals surface area contributed by atoms with Crippen LogP contribution >= 0.6 is 0 Å². The molecule has 0 radical (unpaired) electrons. The van der Waals surface area contributed by atoms with Crippen LogP contribution in [0.2, 0.25) is 0 Å². The number of hydrogen-bond donors (Lipinski definition) is 1. The lowest BCUT2D eigenvalue weighted by molar-refractivity contribution is 0.106. The fourth-order valence-corrected chi connectivity index (χ4v) is 2.24. The average Bonchev–Trinajstić information content (AvgIpc) is 2.50. The highest BCUT2D eigenvalue weighted by Gasteiger charge is 2.17. The van der Waals surface area contributed by atoms with Crippen LogP contribution in [0.25, 0.3) is 0 Å². The van der Waals surface area contributed by atoms with Crippen LogP contribution in [0.5, 0.6) is 11.5 Å². The molecule has 0 bridgehead atoms. The highest BCUT2D eigenvalue weighted by atomic mass is 16.5. The first-order chi connectivity index (χ1) is 9.65. The molecule has 0 fully saturated rings. The number of rotatable bonds is 9. The zero-order valence-corrected chi connectivity index (χ0v) is 13.2. The second-order valence-corrected chi connectivity index (χ2v) is 4.84. The van der Waals surface area contributed by atoms with E-state index >= 15 is 0 Å². The molecule has 0 amide bonds. The summed E-state index contributed by atoms with van der Waals surface area (Å²) >= 11 is 0. The molecule has 0 aliphatic carbocycles. The lowest BCUT2D eigenvalue weighted by Crippen LogP contribution is -2.23. The van der Waals surface area contributed by atoms with E-state index in [0.29, 0.717) is 0 Å². The molecule has 1 aromatic carbocycles. The summed E-state index contributed by atoms with van der Waals surface area (Å²) in [6.07, 6.45) is 2.24. The second-order valence-electron chi connectivity index (χ2n) is 4.84. The van der Waals surface area contributed by atoms with Crippen LogP contribution in [0, 0.1) is 0 Å². The molecule has 0 aliphatic rings. The fourth-order valence-electron chi connectivity index (χ4n) is 2.24. The van der Waals surface area contributed by atoms with Gasteiger partial charge in [0, 0.05) is 18.7 Å². The number of benzene rings is 1. The average molecular weight is 281 g/mol. The maximum atomic E-state index is 5.48. The monoisotopic (exact) mass is 281 g/mol. The molecule has 114 valence electrons. The van der Waals surface area contributed by atoms with Crippen molar-refractivity contribution >= 4 is 0 Å². The summed E-state index contributed by atoms with van der Waals surface area (Å²) in [6.45, 7) is 5.11. The molecule has 0 heterocycles. The van der Waals surface area contributed by atoms with Crippen LogP contribution in [-0.2, 0) is 4.74 Å². The number of hydrogen-bond acceptors (Lipinski definition) is 4. The molecule has 1 rings (SSSR count). The van der Waals surface area contributed by atoms with Crippen LogP contribution in [0.15, 0.2) is 18.2 Å². The Hall–Kier alpha value is -1.26. The molecule has 0 saturated carbocycles. The molecular formula is C16H27NO3. The third kappa shape index (κ3) is 4.69. The first kappa shape index (κ1) is 16.8.